The van der Waals surface area contributed by atoms with Crippen LogP contribution in [-0.4, -0.2) is 24.1 Å². The van der Waals surface area contributed by atoms with E-state index in [0.717, 1.165) is 5.92 Å². The van der Waals surface area contributed by atoms with Gasteiger partial charge >= 0.3 is 0 Å². The minimum Gasteiger partial charge on any atom is -0.252 e. The van der Waals surface area contributed by atoms with Crippen LogP contribution in [-0.2, 0) is 0 Å². The molecule has 13 heavy (non-hydrogen) atoms. The average Bonchev–Trinajstić information content (AvgIpc) is 2.02. The zero-order chi connectivity index (χ0) is 10.4. The molecule has 0 rings (SSSR count). The van der Waals surface area contributed by atoms with Crippen molar-refractivity contribution in [2.75, 3.05) is 7.05 Å². The molecule has 0 aliphatic heterocycles. The van der Waals surface area contributed by atoms with Crippen LogP contribution < -0.4 is 5.43 Å². The van der Waals surface area contributed by atoms with Gasteiger partial charge in [-0.2, -0.15) is 0 Å². The number of nitrogens with zero attached hydrogens (tertiary/aromatic N) is 1. The highest BCUT2D eigenvalue weighted by atomic mass is 15.5. The van der Waals surface area contributed by atoms with E-state index in [9.17, 15) is 0 Å². The van der Waals surface area contributed by atoms with Gasteiger partial charge in [0.15, 0.2) is 0 Å². The summed E-state index contributed by atoms with van der Waals surface area (Å²) in [5, 5.41) is 2.24. The van der Waals surface area contributed by atoms with Crippen molar-refractivity contribution in [1.82, 2.24) is 10.4 Å². The molecular weight excluding hydrogens is 160 g/mol. The molecule has 2 atom stereocenters. The zero-order valence-electron chi connectivity index (χ0n) is 10.1. The number of hydrogen-bond donors (Lipinski definition) is 1. The molecule has 0 bridgehead atoms. The van der Waals surface area contributed by atoms with Crippen LogP contribution in [0.3, 0.4) is 0 Å². The van der Waals surface area contributed by atoms with Gasteiger partial charge in [-0.15, -0.1) is 0 Å². The molecule has 0 aliphatic carbocycles. The van der Waals surface area contributed by atoms with Gasteiger partial charge in [0.1, 0.15) is 0 Å². The van der Waals surface area contributed by atoms with Gasteiger partial charge in [-0.1, -0.05) is 20.8 Å². The first kappa shape index (κ1) is 12.9. The van der Waals surface area contributed by atoms with E-state index in [4.69, 9.17) is 0 Å². The van der Waals surface area contributed by atoms with E-state index >= 15 is 0 Å². The standard InChI is InChI=1S/C11H26N2/c1-7-10(4)12-13(6)11(5)8-9(2)3/h9-12H,7-8H2,1-6H3. The average molecular weight is 186 g/mol. The fourth-order valence-corrected chi connectivity index (χ4v) is 1.41. The molecule has 0 heterocycles. The molecule has 2 heteroatoms. The zero-order valence-corrected chi connectivity index (χ0v) is 10.1. The SMILES string of the molecule is CCC(C)NN(C)C(C)CC(C)C. The molecule has 0 aromatic rings. The predicted molar refractivity (Wildman–Crippen MR) is 59.6 cm³/mol. The van der Waals surface area contributed by atoms with Gasteiger partial charge < -0.3 is 0 Å². The fraction of sp³-hybridized carbons (Fsp3) is 1.00. The van der Waals surface area contributed by atoms with E-state index in [1.54, 1.807) is 0 Å². The Kier molecular flexibility index (Phi) is 6.35. The third-order valence-electron chi connectivity index (χ3n) is 2.51. The molecular formula is C11H26N2. The van der Waals surface area contributed by atoms with E-state index < -0.39 is 0 Å². The summed E-state index contributed by atoms with van der Waals surface area (Å²) in [5.41, 5.74) is 3.47. The van der Waals surface area contributed by atoms with Crippen LogP contribution in [0.1, 0.15) is 47.5 Å². The Morgan fingerprint density at radius 1 is 1.15 bits per heavy atom. The lowest BCUT2D eigenvalue weighted by atomic mass is 10.1. The summed E-state index contributed by atoms with van der Waals surface area (Å²) >= 11 is 0. The Morgan fingerprint density at radius 2 is 1.69 bits per heavy atom. The van der Waals surface area contributed by atoms with Crippen LogP contribution in [0.25, 0.3) is 0 Å². The van der Waals surface area contributed by atoms with Gasteiger partial charge in [-0.25, -0.2) is 5.01 Å². The van der Waals surface area contributed by atoms with Crippen molar-refractivity contribution >= 4 is 0 Å². The molecule has 0 fully saturated rings. The highest BCUT2D eigenvalue weighted by Gasteiger charge is 2.11. The first-order valence-electron chi connectivity index (χ1n) is 5.46. The predicted octanol–water partition coefficient (Wildman–Crippen LogP) is 2.66. The maximum absolute atomic E-state index is 3.47. The van der Waals surface area contributed by atoms with E-state index in [0.29, 0.717) is 12.1 Å². The van der Waals surface area contributed by atoms with Gasteiger partial charge in [0, 0.05) is 19.1 Å². The molecule has 0 amide bonds. The van der Waals surface area contributed by atoms with Crippen LogP contribution in [0.4, 0.5) is 0 Å². The van der Waals surface area contributed by atoms with E-state index in [1.807, 2.05) is 0 Å². The van der Waals surface area contributed by atoms with Crippen molar-refractivity contribution < 1.29 is 0 Å². The number of nitrogens with one attached hydrogen (secondary N) is 1. The van der Waals surface area contributed by atoms with Crippen molar-refractivity contribution in [2.24, 2.45) is 5.92 Å². The van der Waals surface area contributed by atoms with Crippen molar-refractivity contribution in [1.29, 1.82) is 0 Å². The topological polar surface area (TPSA) is 15.3 Å². The summed E-state index contributed by atoms with van der Waals surface area (Å²) in [6.45, 7) is 11.2. The third-order valence-corrected chi connectivity index (χ3v) is 2.51. The Bertz CT molecular complexity index is 123. The van der Waals surface area contributed by atoms with Gasteiger partial charge in [0.2, 0.25) is 0 Å². The summed E-state index contributed by atoms with van der Waals surface area (Å²) in [6.07, 6.45) is 2.43. The molecule has 2 unspecified atom stereocenters. The lowest BCUT2D eigenvalue weighted by Gasteiger charge is -2.29. The molecule has 0 aromatic carbocycles. The van der Waals surface area contributed by atoms with Crippen molar-refractivity contribution in [3.05, 3.63) is 0 Å². The molecule has 0 saturated heterocycles. The second-order valence-corrected chi connectivity index (χ2v) is 4.53. The number of hydrogen-bond acceptors (Lipinski definition) is 2. The molecule has 80 valence electrons. The second kappa shape index (κ2) is 6.39. The Morgan fingerprint density at radius 3 is 2.08 bits per heavy atom. The van der Waals surface area contributed by atoms with Gasteiger partial charge in [-0.3, -0.25) is 5.43 Å². The number of hydrazine groups is 1. The fourth-order valence-electron chi connectivity index (χ4n) is 1.41. The smallest absolute Gasteiger partial charge is 0.0214 e. The molecule has 0 aromatic heterocycles. The summed E-state index contributed by atoms with van der Waals surface area (Å²) in [6, 6.07) is 1.20. The van der Waals surface area contributed by atoms with Crippen LogP contribution >= 0.6 is 0 Å². The Balaban J connectivity index is 3.74. The normalized spacial score (nSPS) is 16.6. The van der Waals surface area contributed by atoms with Crippen molar-refractivity contribution in [3.63, 3.8) is 0 Å². The lowest BCUT2D eigenvalue weighted by Crippen LogP contribution is -2.45. The largest absolute Gasteiger partial charge is 0.252 e. The minimum absolute atomic E-state index is 0.583. The highest BCUT2D eigenvalue weighted by Crippen LogP contribution is 2.08. The first-order valence-corrected chi connectivity index (χ1v) is 5.46. The molecule has 2 nitrogen and oxygen atoms in total. The van der Waals surface area contributed by atoms with Crippen LogP contribution in [0.2, 0.25) is 0 Å². The molecule has 0 saturated carbocycles. The third kappa shape index (κ3) is 6.05. The Hall–Kier alpha value is -0.0800. The minimum atomic E-state index is 0.583. The van der Waals surface area contributed by atoms with E-state index in [2.05, 4.69) is 52.1 Å². The van der Waals surface area contributed by atoms with Gasteiger partial charge in [-0.05, 0) is 32.6 Å². The maximum atomic E-state index is 3.47. The molecule has 0 radical (unpaired) electrons. The maximum Gasteiger partial charge on any atom is 0.0214 e. The van der Waals surface area contributed by atoms with Gasteiger partial charge in [0.05, 0.1) is 0 Å². The quantitative estimate of drug-likeness (QED) is 0.642. The monoisotopic (exact) mass is 186 g/mol. The van der Waals surface area contributed by atoms with E-state index in [1.165, 1.54) is 12.8 Å². The summed E-state index contributed by atoms with van der Waals surface area (Å²) in [5.74, 6) is 0.774. The van der Waals surface area contributed by atoms with Crippen LogP contribution in [0.5, 0.6) is 0 Å². The summed E-state index contributed by atoms with van der Waals surface area (Å²) in [4.78, 5) is 0. The summed E-state index contributed by atoms with van der Waals surface area (Å²) in [7, 11) is 2.14. The lowest BCUT2D eigenvalue weighted by molar-refractivity contribution is 0.133. The first-order chi connectivity index (χ1) is 5.97. The van der Waals surface area contributed by atoms with Gasteiger partial charge in [0.25, 0.3) is 0 Å². The second-order valence-electron chi connectivity index (χ2n) is 4.53. The molecule has 0 spiro atoms. The van der Waals surface area contributed by atoms with Crippen molar-refractivity contribution in [2.45, 2.75) is 59.5 Å². The van der Waals surface area contributed by atoms with E-state index in [-0.39, 0.29) is 0 Å². The molecule has 1 N–H and O–H groups in total. The van der Waals surface area contributed by atoms with Crippen molar-refractivity contribution in [3.8, 4) is 0 Å². The number of rotatable bonds is 6. The molecule has 0 aliphatic rings. The highest BCUT2D eigenvalue weighted by molar-refractivity contribution is 4.64. The Labute approximate surface area is 83.7 Å². The van der Waals surface area contributed by atoms with Crippen LogP contribution in [0.15, 0.2) is 0 Å². The van der Waals surface area contributed by atoms with Crippen LogP contribution in [0, 0.1) is 5.92 Å². The summed E-state index contributed by atoms with van der Waals surface area (Å²) < 4.78 is 0.